The maximum atomic E-state index is 5.09. The van der Waals surface area contributed by atoms with Gasteiger partial charge in [0.1, 0.15) is 0 Å². The molecule has 0 saturated heterocycles. The summed E-state index contributed by atoms with van der Waals surface area (Å²) in [6.07, 6.45) is 2.31. The zero-order chi connectivity index (χ0) is 9.61. The second-order valence-corrected chi connectivity index (χ2v) is 4.03. The molecular weight excluding hydrogens is 168 g/mol. The molecule has 0 amide bonds. The van der Waals surface area contributed by atoms with Gasteiger partial charge in [-0.05, 0) is 39.4 Å². The molecule has 0 atom stereocenters. The molecule has 0 heterocycles. The monoisotopic (exact) mass is 188 g/mol. The second-order valence-electron chi connectivity index (χ2n) is 3.62. The number of thiocarbonyl (C=S) groups is 1. The molecule has 0 unspecified atom stereocenters. The summed E-state index contributed by atoms with van der Waals surface area (Å²) in [5.74, 6) is 0. The van der Waals surface area contributed by atoms with Gasteiger partial charge in [0.25, 0.3) is 0 Å². The van der Waals surface area contributed by atoms with Crippen LogP contribution in [-0.4, -0.2) is 17.2 Å². The predicted molar refractivity (Wildman–Crippen MR) is 58.4 cm³/mol. The molecular formula is C9H20N2S. The third-order valence-corrected chi connectivity index (χ3v) is 1.91. The third kappa shape index (κ3) is 5.35. The van der Waals surface area contributed by atoms with Crippen molar-refractivity contribution < 1.29 is 0 Å². The molecule has 3 heteroatoms. The molecule has 0 spiro atoms. The van der Waals surface area contributed by atoms with Crippen molar-refractivity contribution in [2.24, 2.45) is 0 Å². The smallest absolute Gasteiger partial charge is 0.166 e. The number of nitrogens with one attached hydrogen (secondary N) is 2. The van der Waals surface area contributed by atoms with Gasteiger partial charge < -0.3 is 10.6 Å². The van der Waals surface area contributed by atoms with E-state index < -0.39 is 0 Å². The van der Waals surface area contributed by atoms with Crippen LogP contribution in [0.5, 0.6) is 0 Å². The van der Waals surface area contributed by atoms with E-state index in [-0.39, 0.29) is 5.54 Å². The van der Waals surface area contributed by atoms with E-state index in [2.05, 4.69) is 31.4 Å². The topological polar surface area (TPSA) is 24.1 Å². The Morgan fingerprint density at radius 1 is 1.33 bits per heavy atom. The molecule has 0 saturated carbocycles. The average molecular weight is 188 g/mol. The summed E-state index contributed by atoms with van der Waals surface area (Å²) in [6, 6.07) is 0. The van der Waals surface area contributed by atoms with Crippen molar-refractivity contribution in [3.05, 3.63) is 0 Å². The summed E-state index contributed by atoms with van der Waals surface area (Å²) >= 11 is 5.09. The van der Waals surface area contributed by atoms with Gasteiger partial charge in [-0.15, -0.1) is 0 Å². The molecule has 2 nitrogen and oxygen atoms in total. The van der Waals surface area contributed by atoms with Crippen LogP contribution in [0.15, 0.2) is 0 Å². The molecule has 0 aromatic heterocycles. The quantitative estimate of drug-likeness (QED) is 0.660. The van der Waals surface area contributed by atoms with Gasteiger partial charge in [0.05, 0.1) is 0 Å². The van der Waals surface area contributed by atoms with Crippen LogP contribution in [0.4, 0.5) is 0 Å². The first-order valence-corrected chi connectivity index (χ1v) is 4.98. The molecule has 0 aliphatic carbocycles. The molecule has 0 aromatic carbocycles. The van der Waals surface area contributed by atoms with E-state index in [1.807, 2.05) is 6.92 Å². The van der Waals surface area contributed by atoms with E-state index in [0.717, 1.165) is 18.1 Å². The molecule has 0 aliphatic rings. The molecule has 0 radical (unpaired) electrons. The highest BCUT2D eigenvalue weighted by atomic mass is 32.1. The van der Waals surface area contributed by atoms with Crippen molar-refractivity contribution in [1.29, 1.82) is 0 Å². The van der Waals surface area contributed by atoms with E-state index in [9.17, 15) is 0 Å². The van der Waals surface area contributed by atoms with E-state index in [4.69, 9.17) is 12.2 Å². The molecule has 0 rings (SSSR count). The number of rotatable bonds is 4. The van der Waals surface area contributed by atoms with Gasteiger partial charge in [-0.25, -0.2) is 0 Å². The van der Waals surface area contributed by atoms with Gasteiger partial charge in [0, 0.05) is 12.1 Å². The Kier molecular flexibility index (Phi) is 5.22. The highest BCUT2D eigenvalue weighted by molar-refractivity contribution is 7.80. The molecule has 0 fully saturated rings. The Hall–Kier alpha value is -0.310. The summed E-state index contributed by atoms with van der Waals surface area (Å²) in [4.78, 5) is 0. The second kappa shape index (κ2) is 5.36. The first-order chi connectivity index (χ1) is 5.52. The maximum Gasteiger partial charge on any atom is 0.166 e. The van der Waals surface area contributed by atoms with Gasteiger partial charge in [-0.1, -0.05) is 13.3 Å². The van der Waals surface area contributed by atoms with Crippen molar-refractivity contribution in [1.82, 2.24) is 10.6 Å². The normalized spacial score (nSPS) is 11.0. The zero-order valence-electron chi connectivity index (χ0n) is 8.53. The SMILES string of the molecule is CCCC(C)(C)NC(=S)NCC. The first kappa shape index (κ1) is 11.7. The Bertz CT molecular complexity index is 143. The molecule has 72 valence electrons. The van der Waals surface area contributed by atoms with E-state index in [1.165, 1.54) is 6.42 Å². The molecule has 0 aromatic rings. The summed E-state index contributed by atoms with van der Waals surface area (Å²) in [5, 5.41) is 7.12. The van der Waals surface area contributed by atoms with Gasteiger partial charge in [-0.2, -0.15) is 0 Å². The highest BCUT2D eigenvalue weighted by Crippen LogP contribution is 2.09. The van der Waals surface area contributed by atoms with E-state index in [1.54, 1.807) is 0 Å². The predicted octanol–water partition coefficient (Wildman–Crippen LogP) is 2.05. The highest BCUT2D eigenvalue weighted by Gasteiger charge is 2.16. The van der Waals surface area contributed by atoms with Crippen LogP contribution in [0.25, 0.3) is 0 Å². The summed E-state index contributed by atoms with van der Waals surface area (Å²) in [5.41, 5.74) is 0.119. The van der Waals surface area contributed by atoms with Crippen LogP contribution in [0.2, 0.25) is 0 Å². The van der Waals surface area contributed by atoms with Crippen LogP contribution >= 0.6 is 12.2 Å². The van der Waals surface area contributed by atoms with Crippen molar-refractivity contribution in [2.75, 3.05) is 6.54 Å². The van der Waals surface area contributed by atoms with Gasteiger partial charge >= 0.3 is 0 Å². The van der Waals surface area contributed by atoms with Crippen LogP contribution in [0, 0.1) is 0 Å². The minimum Gasteiger partial charge on any atom is -0.363 e. The van der Waals surface area contributed by atoms with E-state index >= 15 is 0 Å². The summed E-state index contributed by atoms with van der Waals surface area (Å²) in [6.45, 7) is 9.44. The van der Waals surface area contributed by atoms with Crippen LogP contribution in [-0.2, 0) is 0 Å². The lowest BCUT2D eigenvalue weighted by atomic mass is 9.99. The minimum atomic E-state index is 0.119. The summed E-state index contributed by atoms with van der Waals surface area (Å²) < 4.78 is 0. The number of hydrogen-bond donors (Lipinski definition) is 2. The fourth-order valence-electron chi connectivity index (χ4n) is 1.20. The van der Waals surface area contributed by atoms with Crippen LogP contribution < -0.4 is 10.6 Å². The molecule has 2 N–H and O–H groups in total. The minimum absolute atomic E-state index is 0.119. The first-order valence-electron chi connectivity index (χ1n) is 4.58. The van der Waals surface area contributed by atoms with Crippen molar-refractivity contribution in [3.63, 3.8) is 0 Å². The fourth-order valence-corrected chi connectivity index (χ4v) is 1.62. The lowest BCUT2D eigenvalue weighted by Gasteiger charge is -2.27. The van der Waals surface area contributed by atoms with E-state index in [0.29, 0.717) is 0 Å². The Labute approximate surface area is 81.1 Å². The fraction of sp³-hybridized carbons (Fsp3) is 0.889. The number of hydrogen-bond acceptors (Lipinski definition) is 1. The Morgan fingerprint density at radius 3 is 2.33 bits per heavy atom. The molecule has 0 bridgehead atoms. The molecule has 0 aliphatic heterocycles. The molecule has 12 heavy (non-hydrogen) atoms. The van der Waals surface area contributed by atoms with Crippen molar-refractivity contribution in [3.8, 4) is 0 Å². The average Bonchev–Trinajstić information content (AvgIpc) is 1.85. The standard InChI is InChI=1S/C9H20N2S/c1-5-7-9(3,4)11-8(12)10-6-2/h5-7H2,1-4H3,(H2,10,11,12). The van der Waals surface area contributed by atoms with Gasteiger partial charge in [0.2, 0.25) is 0 Å². The lowest BCUT2D eigenvalue weighted by molar-refractivity contribution is 0.418. The Morgan fingerprint density at radius 2 is 1.92 bits per heavy atom. The largest absolute Gasteiger partial charge is 0.363 e. The van der Waals surface area contributed by atoms with Crippen molar-refractivity contribution in [2.45, 2.75) is 46.1 Å². The maximum absolute atomic E-state index is 5.09. The van der Waals surface area contributed by atoms with Crippen molar-refractivity contribution >= 4 is 17.3 Å². The van der Waals surface area contributed by atoms with Crippen LogP contribution in [0.1, 0.15) is 40.5 Å². The van der Waals surface area contributed by atoms with Crippen LogP contribution in [0.3, 0.4) is 0 Å². The van der Waals surface area contributed by atoms with Gasteiger partial charge in [-0.3, -0.25) is 0 Å². The Balaban J connectivity index is 3.79. The van der Waals surface area contributed by atoms with Gasteiger partial charge in [0.15, 0.2) is 5.11 Å². The lowest BCUT2D eigenvalue weighted by Crippen LogP contribution is -2.48. The third-order valence-electron chi connectivity index (χ3n) is 1.66. The summed E-state index contributed by atoms with van der Waals surface area (Å²) in [7, 11) is 0. The zero-order valence-corrected chi connectivity index (χ0v) is 9.35.